The second-order valence-corrected chi connectivity index (χ2v) is 4.99. The summed E-state index contributed by atoms with van der Waals surface area (Å²) < 4.78 is 15.3. The molecule has 0 fully saturated rings. The topological polar surface area (TPSA) is 102 Å². The molecule has 1 aromatic carbocycles. The van der Waals surface area contributed by atoms with Crippen LogP contribution in [-0.2, 0) is 9.53 Å². The molecule has 24 heavy (non-hydrogen) atoms. The molecule has 2 rings (SSSR count). The number of nitrogens with one attached hydrogen (secondary N) is 1. The molecule has 1 aromatic heterocycles. The van der Waals surface area contributed by atoms with Gasteiger partial charge in [0.05, 0.1) is 7.11 Å². The number of carbonyl (C=O) groups excluding carboxylic acids is 2. The van der Waals surface area contributed by atoms with Gasteiger partial charge in [-0.3, -0.25) is 10.1 Å². The maximum Gasteiger partial charge on any atom is 0.342 e. The van der Waals surface area contributed by atoms with Gasteiger partial charge >= 0.3 is 5.97 Å². The van der Waals surface area contributed by atoms with Gasteiger partial charge in [0.1, 0.15) is 28.7 Å². The van der Waals surface area contributed by atoms with Crippen molar-refractivity contribution in [2.24, 2.45) is 0 Å². The molecule has 0 atom stereocenters. The van der Waals surface area contributed by atoms with E-state index >= 15 is 0 Å². The number of nitrogens with zero attached hydrogens (tertiary/aromatic N) is 1. The number of nitriles is 1. The zero-order valence-electron chi connectivity index (χ0n) is 13.5. The van der Waals surface area contributed by atoms with E-state index in [-0.39, 0.29) is 29.4 Å². The maximum absolute atomic E-state index is 12.0. The standard InChI is InChI=1S/C17H16N2O5/c1-10-5-4-6-12(7-10)23-9-14(20)19-16-13(8-18)15(11(2)24-16)17(21)22-3/h4-7H,9H2,1-3H3,(H,19,20). The second kappa shape index (κ2) is 7.33. The van der Waals surface area contributed by atoms with Crippen LogP contribution < -0.4 is 10.1 Å². The minimum Gasteiger partial charge on any atom is -0.484 e. The number of anilines is 1. The monoisotopic (exact) mass is 328 g/mol. The first-order chi connectivity index (χ1) is 11.5. The Morgan fingerprint density at radius 1 is 1.33 bits per heavy atom. The quantitative estimate of drug-likeness (QED) is 0.846. The number of esters is 1. The normalized spacial score (nSPS) is 9.92. The van der Waals surface area contributed by atoms with Gasteiger partial charge in [-0.1, -0.05) is 12.1 Å². The molecular weight excluding hydrogens is 312 g/mol. The van der Waals surface area contributed by atoms with Crippen molar-refractivity contribution in [1.82, 2.24) is 0 Å². The number of furan rings is 1. The van der Waals surface area contributed by atoms with E-state index < -0.39 is 11.9 Å². The summed E-state index contributed by atoms with van der Waals surface area (Å²) in [6, 6.07) is 9.08. The van der Waals surface area contributed by atoms with Crippen molar-refractivity contribution in [3.05, 3.63) is 46.7 Å². The first kappa shape index (κ1) is 17.1. The highest BCUT2D eigenvalue weighted by atomic mass is 16.5. The number of amides is 1. The summed E-state index contributed by atoms with van der Waals surface area (Å²) >= 11 is 0. The van der Waals surface area contributed by atoms with Gasteiger partial charge < -0.3 is 13.9 Å². The lowest BCUT2D eigenvalue weighted by Crippen LogP contribution is -2.20. The minimum atomic E-state index is -0.704. The summed E-state index contributed by atoms with van der Waals surface area (Å²) in [6.45, 7) is 3.15. The highest BCUT2D eigenvalue weighted by molar-refractivity contribution is 5.98. The summed E-state index contributed by atoms with van der Waals surface area (Å²) in [4.78, 5) is 23.7. The van der Waals surface area contributed by atoms with Gasteiger partial charge in [-0.15, -0.1) is 0 Å². The number of carbonyl (C=O) groups is 2. The van der Waals surface area contributed by atoms with Crippen LogP contribution in [-0.4, -0.2) is 25.6 Å². The Morgan fingerprint density at radius 3 is 2.71 bits per heavy atom. The van der Waals surface area contributed by atoms with E-state index in [0.717, 1.165) is 5.56 Å². The Hall–Kier alpha value is -3.27. The molecule has 0 unspecified atom stereocenters. The van der Waals surface area contributed by atoms with Gasteiger partial charge in [0, 0.05) is 0 Å². The van der Waals surface area contributed by atoms with Crippen molar-refractivity contribution in [3.63, 3.8) is 0 Å². The summed E-state index contributed by atoms with van der Waals surface area (Å²) in [7, 11) is 1.20. The molecule has 0 saturated heterocycles. The molecule has 1 heterocycles. The fourth-order valence-electron chi connectivity index (χ4n) is 2.10. The highest BCUT2D eigenvalue weighted by Crippen LogP contribution is 2.27. The summed E-state index contributed by atoms with van der Waals surface area (Å²) in [5.74, 6) is -0.583. The van der Waals surface area contributed by atoms with Crippen molar-refractivity contribution in [3.8, 4) is 11.8 Å². The average Bonchev–Trinajstić information content (AvgIpc) is 2.87. The Labute approximate surface area is 138 Å². The van der Waals surface area contributed by atoms with Crippen molar-refractivity contribution in [1.29, 1.82) is 5.26 Å². The third-order valence-corrected chi connectivity index (χ3v) is 3.20. The molecular formula is C17H16N2O5. The summed E-state index contributed by atoms with van der Waals surface area (Å²) in [5, 5.41) is 11.6. The van der Waals surface area contributed by atoms with Gasteiger partial charge in [-0.25, -0.2) is 4.79 Å². The smallest absolute Gasteiger partial charge is 0.342 e. The van der Waals surface area contributed by atoms with Crippen LogP contribution in [0.5, 0.6) is 5.75 Å². The number of hydrogen-bond acceptors (Lipinski definition) is 6. The zero-order valence-corrected chi connectivity index (χ0v) is 13.5. The first-order valence-corrected chi connectivity index (χ1v) is 7.07. The zero-order chi connectivity index (χ0) is 17.7. The third kappa shape index (κ3) is 3.73. The van der Waals surface area contributed by atoms with E-state index in [4.69, 9.17) is 9.15 Å². The van der Waals surface area contributed by atoms with Crippen molar-refractivity contribution in [2.75, 3.05) is 19.0 Å². The lowest BCUT2D eigenvalue weighted by molar-refractivity contribution is -0.118. The fraction of sp³-hybridized carbons (Fsp3) is 0.235. The third-order valence-electron chi connectivity index (χ3n) is 3.20. The van der Waals surface area contributed by atoms with Gasteiger partial charge in [0.25, 0.3) is 5.91 Å². The van der Waals surface area contributed by atoms with Gasteiger partial charge in [0.2, 0.25) is 5.88 Å². The molecule has 124 valence electrons. The first-order valence-electron chi connectivity index (χ1n) is 7.07. The van der Waals surface area contributed by atoms with Crippen LogP contribution in [0.3, 0.4) is 0 Å². The summed E-state index contributed by atoms with van der Waals surface area (Å²) in [6.07, 6.45) is 0. The molecule has 2 aromatic rings. The van der Waals surface area contributed by atoms with E-state index in [0.29, 0.717) is 5.75 Å². The van der Waals surface area contributed by atoms with Crippen LogP contribution in [0.1, 0.15) is 27.2 Å². The molecule has 0 radical (unpaired) electrons. The van der Waals surface area contributed by atoms with Gasteiger partial charge in [-0.05, 0) is 31.5 Å². The Kier molecular flexibility index (Phi) is 5.22. The molecule has 0 aliphatic carbocycles. The molecule has 0 aliphatic heterocycles. The Balaban J connectivity index is 2.09. The van der Waals surface area contributed by atoms with E-state index in [2.05, 4.69) is 10.1 Å². The molecule has 0 bridgehead atoms. The molecule has 1 amide bonds. The number of rotatable bonds is 5. The van der Waals surface area contributed by atoms with Crippen LogP contribution in [0.2, 0.25) is 0 Å². The van der Waals surface area contributed by atoms with Crippen LogP contribution in [0.25, 0.3) is 0 Å². The average molecular weight is 328 g/mol. The predicted molar refractivity (Wildman–Crippen MR) is 84.8 cm³/mol. The molecule has 7 nitrogen and oxygen atoms in total. The number of methoxy groups -OCH3 is 1. The number of aryl methyl sites for hydroxylation is 2. The lowest BCUT2D eigenvalue weighted by Gasteiger charge is -2.06. The van der Waals surface area contributed by atoms with E-state index in [9.17, 15) is 14.9 Å². The van der Waals surface area contributed by atoms with Gasteiger partial charge in [-0.2, -0.15) is 5.26 Å². The Morgan fingerprint density at radius 2 is 2.08 bits per heavy atom. The molecule has 7 heteroatoms. The largest absolute Gasteiger partial charge is 0.484 e. The van der Waals surface area contributed by atoms with Crippen LogP contribution in [0.15, 0.2) is 28.7 Å². The van der Waals surface area contributed by atoms with Crippen molar-refractivity contribution < 1.29 is 23.5 Å². The van der Waals surface area contributed by atoms with E-state index in [1.807, 2.05) is 25.1 Å². The van der Waals surface area contributed by atoms with E-state index in [1.165, 1.54) is 14.0 Å². The van der Waals surface area contributed by atoms with Crippen LogP contribution >= 0.6 is 0 Å². The Bertz CT molecular complexity index is 817. The van der Waals surface area contributed by atoms with Crippen molar-refractivity contribution in [2.45, 2.75) is 13.8 Å². The maximum atomic E-state index is 12.0. The fourth-order valence-corrected chi connectivity index (χ4v) is 2.10. The number of ether oxygens (including phenoxy) is 2. The SMILES string of the molecule is COC(=O)c1c(C)oc(NC(=O)COc2cccc(C)c2)c1C#N. The molecule has 0 spiro atoms. The van der Waals surface area contributed by atoms with E-state index in [1.54, 1.807) is 12.1 Å². The number of benzene rings is 1. The lowest BCUT2D eigenvalue weighted by atomic mass is 10.1. The molecule has 0 aliphatic rings. The van der Waals surface area contributed by atoms with Crippen molar-refractivity contribution >= 4 is 17.8 Å². The number of hydrogen-bond donors (Lipinski definition) is 1. The summed E-state index contributed by atoms with van der Waals surface area (Å²) in [5.41, 5.74) is 0.919. The van der Waals surface area contributed by atoms with Crippen LogP contribution in [0.4, 0.5) is 5.88 Å². The predicted octanol–water partition coefficient (Wildman–Crippen LogP) is 2.57. The highest BCUT2D eigenvalue weighted by Gasteiger charge is 2.25. The second-order valence-electron chi connectivity index (χ2n) is 4.99. The molecule has 0 saturated carbocycles. The van der Waals surface area contributed by atoms with Crippen LogP contribution in [0, 0.1) is 25.2 Å². The minimum absolute atomic E-state index is 0.00472. The van der Waals surface area contributed by atoms with Gasteiger partial charge in [0.15, 0.2) is 6.61 Å². The molecule has 1 N–H and O–H groups in total.